The Morgan fingerprint density at radius 2 is 1.87 bits per heavy atom. The van der Waals surface area contributed by atoms with Crippen molar-refractivity contribution in [1.82, 2.24) is 10.2 Å². The molecule has 0 aliphatic heterocycles. The first-order valence-corrected chi connectivity index (χ1v) is 5.36. The highest BCUT2D eigenvalue weighted by molar-refractivity contribution is 5.82. The third-order valence-electron chi connectivity index (χ3n) is 2.67. The van der Waals surface area contributed by atoms with E-state index in [1.54, 1.807) is 0 Å². The highest BCUT2D eigenvalue weighted by Crippen LogP contribution is 2.17. The Balaban J connectivity index is 4.05. The second kappa shape index (κ2) is 5.47. The number of rotatable bonds is 4. The molecule has 90 valence electrons. The molecule has 15 heavy (non-hydrogen) atoms. The molecule has 0 saturated carbocycles. The molecule has 1 amide bonds. The molecule has 2 atom stereocenters. The summed E-state index contributed by atoms with van der Waals surface area (Å²) in [5, 5.41) is 2.86. The molecule has 0 radical (unpaired) electrons. The number of amides is 1. The Bertz CT molecular complexity index is 208. The van der Waals surface area contributed by atoms with E-state index in [-0.39, 0.29) is 11.3 Å². The highest BCUT2D eigenvalue weighted by atomic mass is 16.2. The molecule has 0 spiro atoms. The first-order chi connectivity index (χ1) is 6.66. The van der Waals surface area contributed by atoms with Crippen LogP contribution in [-0.4, -0.2) is 43.5 Å². The summed E-state index contributed by atoms with van der Waals surface area (Å²) in [4.78, 5) is 13.7. The quantitative estimate of drug-likeness (QED) is 0.715. The fourth-order valence-corrected chi connectivity index (χ4v) is 0.934. The van der Waals surface area contributed by atoms with Crippen molar-refractivity contribution in [3.63, 3.8) is 0 Å². The van der Waals surface area contributed by atoms with Gasteiger partial charge in [0.15, 0.2) is 0 Å². The maximum atomic E-state index is 11.7. The number of carbonyl (C=O) groups excluding carboxylic acids is 1. The molecule has 4 nitrogen and oxygen atoms in total. The van der Waals surface area contributed by atoms with E-state index in [9.17, 15) is 4.79 Å². The van der Waals surface area contributed by atoms with E-state index < -0.39 is 6.04 Å². The van der Waals surface area contributed by atoms with Gasteiger partial charge in [-0.2, -0.15) is 0 Å². The fourth-order valence-electron chi connectivity index (χ4n) is 0.934. The number of carbonyl (C=O) groups is 1. The number of likely N-dealkylation sites (N-methyl/N-ethyl adjacent to an activating group) is 1. The van der Waals surface area contributed by atoms with Crippen LogP contribution >= 0.6 is 0 Å². The fraction of sp³-hybridized carbons (Fsp3) is 0.909. The van der Waals surface area contributed by atoms with Gasteiger partial charge in [-0.05, 0) is 26.4 Å². The van der Waals surface area contributed by atoms with Crippen molar-refractivity contribution in [3.05, 3.63) is 0 Å². The van der Waals surface area contributed by atoms with Crippen LogP contribution in [0, 0.1) is 5.41 Å². The van der Waals surface area contributed by atoms with E-state index in [0.717, 1.165) is 0 Å². The molecule has 0 fully saturated rings. The van der Waals surface area contributed by atoms with Gasteiger partial charge in [-0.25, -0.2) is 0 Å². The second-order valence-corrected chi connectivity index (χ2v) is 5.40. The smallest absolute Gasteiger partial charge is 0.237 e. The van der Waals surface area contributed by atoms with Gasteiger partial charge >= 0.3 is 0 Å². The normalized spacial score (nSPS) is 16.3. The summed E-state index contributed by atoms with van der Waals surface area (Å²) >= 11 is 0. The Hall–Kier alpha value is -0.610. The second-order valence-electron chi connectivity index (χ2n) is 5.40. The predicted octanol–water partition coefficient (Wildman–Crippen LogP) is 0.426. The van der Waals surface area contributed by atoms with Crippen LogP contribution in [0.15, 0.2) is 0 Å². The molecule has 2 unspecified atom stereocenters. The van der Waals surface area contributed by atoms with Crippen molar-refractivity contribution < 1.29 is 4.79 Å². The Morgan fingerprint density at radius 3 is 2.20 bits per heavy atom. The molecule has 4 heteroatoms. The van der Waals surface area contributed by atoms with E-state index in [0.29, 0.717) is 12.6 Å². The number of nitrogens with one attached hydrogen (secondary N) is 1. The zero-order valence-electron chi connectivity index (χ0n) is 10.8. The molecule has 0 aromatic carbocycles. The van der Waals surface area contributed by atoms with Crippen LogP contribution in [0.25, 0.3) is 0 Å². The monoisotopic (exact) mass is 215 g/mol. The lowest BCUT2D eigenvalue weighted by Crippen LogP contribution is -2.50. The third-order valence-corrected chi connectivity index (χ3v) is 2.67. The highest BCUT2D eigenvalue weighted by Gasteiger charge is 2.27. The number of nitrogens with two attached hydrogens (primary N) is 1. The van der Waals surface area contributed by atoms with Crippen molar-refractivity contribution in [2.24, 2.45) is 11.1 Å². The van der Waals surface area contributed by atoms with Crippen LogP contribution in [0.5, 0.6) is 0 Å². The summed E-state index contributed by atoms with van der Waals surface area (Å²) in [6.45, 7) is 8.59. The van der Waals surface area contributed by atoms with E-state index in [2.05, 4.69) is 17.1 Å². The summed E-state index contributed by atoms with van der Waals surface area (Å²) in [6.07, 6.45) is 0. The largest absolute Gasteiger partial charge is 0.353 e. The number of hydrogen-bond acceptors (Lipinski definition) is 3. The molecule has 0 saturated heterocycles. The van der Waals surface area contributed by atoms with Gasteiger partial charge in [0.25, 0.3) is 0 Å². The standard InChI is InChI=1S/C11H25N3O/c1-8(14(5)6)7-13-10(15)9(12)11(2,3)4/h8-9H,7,12H2,1-6H3,(H,13,15). The summed E-state index contributed by atoms with van der Waals surface area (Å²) in [6, 6.07) is -0.131. The van der Waals surface area contributed by atoms with Gasteiger partial charge in [0.2, 0.25) is 5.91 Å². The maximum Gasteiger partial charge on any atom is 0.237 e. The van der Waals surface area contributed by atoms with Gasteiger partial charge in [0.1, 0.15) is 0 Å². The molecule has 0 aliphatic carbocycles. The molecule has 0 rings (SSSR count). The zero-order chi connectivity index (χ0) is 12.2. The number of hydrogen-bond donors (Lipinski definition) is 2. The van der Waals surface area contributed by atoms with E-state index in [1.165, 1.54) is 0 Å². The topological polar surface area (TPSA) is 58.4 Å². The summed E-state index contributed by atoms with van der Waals surface area (Å²) < 4.78 is 0. The van der Waals surface area contributed by atoms with Crippen molar-refractivity contribution in [2.45, 2.75) is 39.8 Å². The Labute approximate surface area is 93.2 Å². The van der Waals surface area contributed by atoms with E-state index in [1.807, 2.05) is 34.9 Å². The van der Waals surface area contributed by atoms with Crippen molar-refractivity contribution >= 4 is 5.91 Å². The molecule has 0 bridgehead atoms. The van der Waals surface area contributed by atoms with Crippen molar-refractivity contribution in [2.75, 3.05) is 20.6 Å². The van der Waals surface area contributed by atoms with Crippen LogP contribution < -0.4 is 11.1 Å². The molecule has 0 aromatic rings. The molecule has 3 N–H and O–H groups in total. The SMILES string of the molecule is CC(CNC(=O)C(N)C(C)(C)C)N(C)C. The Kier molecular flexibility index (Phi) is 5.24. The van der Waals surface area contributed by atoms with Gasteiger partial charge < -0.3 is 16.0 Å². The van der Waals surface area contributed by atoms with Crippen molar-refractivity contribution in [3.8, 4) is 0 Å². The summed E-state index contributed by atoms with van der Waals surface area (Å²) in [5.74, 6) is -0.0730. The van der Waals surface area contributed by atoms with Crippen molar-refractivity contribution in [1.29, 1.82) is 0 Å². The lowest BCUT2D eigenvalue weighted by atomic mass is 9.87. The third kappa shape index (κ3) is 5.14. The van der Waals surface area contributed by atoms with Crippen LogP contribution in [0.1, 0.15) is 27.7 Å². The molecule has 0 aromatic heterocycles. The first kappa shape index (κ1) is 14.4. The molecule has 0 heterocycles. The zero-order valence-corrected chi connectivity index (χ0v) is 10.8. The van der Waals surface area contributed by atoms with Gasteiger partial charge in [-0.1, -0.05) is 20.8 Å². The minimum Gasteiger partial charge on any atom is -0.353 e. The summed E-state index contributed by atoms with van der Waals surface area (Å²) in [5.41, 5.74) is 5.64. The van der Waals surface area contributed by atoms with E-state index in [4.69, 9.17) is 5.73 Å². The molecular formula is C11H25N3O. The molecule has 0 aliphatic rings. The van der Waals surface area contributed by atoms with Crippen LogP contribution in [0.2, 0.25) is 0 Å². The molecular weight excluding hydrogens is 190 g/mol. The maximum absolute atomic E-state index is 11.7. The van der Waals surface area contributed by atoms with Gasteiger partial charge in [0.05, 0.1) is 6.04 Å². The predicted molar refractivity (Wildman–Crippen MR) is 63.6 cm³/mol. The first-order valence-electron chi connectivity index (χ1n) is 5.36. The van der Waals surface area contributed by atoms with Gasteiger partial charge in [-0.15, -0.1) is 0 Å². The average molecular weight is 215 g/mol. The minimum absolute atomic E-state index is 0.0730. The lowest BCUT2D eigenvalue weighted by molar-refractivity contribution is -0.124. The van der Waals surface area contributed by atoms with Crippen LogP contribution in [-0.2, 0) is 4.79 Å². The Morgan fingerprint density at radius 1 is 1.40 bits per heavy atom. The van der Waals surface area contributed by atoms with Gasteiger partial charge in [0, 0.05) is 12.6 Å². The van der Waals surface area contributed by atoms with E-state index >= 15 is 0 Å². The number of nitrogens with zero attached hydrogens (tertiary/aromatic N) is 1. The van der Waals surface area contributed by atoms with Crippen LogP contribution in [0.3, 0.4) is 0 Å². The minimum atomic E-state index is -0.452. The summed E-state index contributed by atoms with van der Waals surface area (Å²) in [7, 11) is 3.97. The lowest BCUT2D eigenvalue weighted by Gasteiger charge is -2.27. The average Bonchev–Trinajstić information content (AvgIpc) is 2.10. The van der Waals surface area contributed by atoms with Crippen LogP contribution in [0.4, 0.5) is 0 Å². The van der Waals surface area contributed by atoms with Gasteiger partial charge in [-0.3, -0.25) is 4.79 Å².